The molecule has 6 heteroatoms. The number of nitrogens with zero attached hydrogens (tertiary/aromatic N) is 1. The molecule has 4 nitrogen and oxygen atoms in total. The van der Waals surface area contributed by atoms with Crippen LogP contribution < -0.4 is 11.3 Å². The second-order valence-corrected chi connectivity index (χ2v) is 6.03. The van der Waals surface area contributed by atoms with E-state index < -0.39 is 0 Å². The van der Waals surface area contributed by atoms with Crippen molar-refractivity contribution >= 4 is 44.1 Å². The van der Waals surface area contributed by atoms with Crippen molar-refractivity contribution < 1.29 is 4.79 Å². The molecule has 0 saturated carbocycles. The summed E-state index contributed by atoms with van der Waals surface area (Å²) < 4.78 is 0.891. The van der Waals surface area contributed by atoms with Crippen LogP contribution in [-0.2, 0) is 0 Å². The van der Waals surface area contributed by atoms with E-state index in [4.69, 9.17) is 5.84 Å². The average molecular weight is 348 g/mol. The first-order chi connectivity index (χ1) is 9.69. The second-order valence-electron chi connectivity index (χ2n) is 4.17. The van der Waals surface area contributed by atoms with Crippen LogP contribution in [0.25, 0.3) is 21.5 Å². The highest BCUT2D eigenvalue weighted by atomic mass is 79.9. The Labute approximate surface area is 127 Å². The monoisotopic (exact) mass is 347 g/mol. The number of pyridine rings is 1. The molecule has 20 heavy (non-hydrogen) atoms. The Kier molecular flexibility index (Phi) is 3.52. The number of fused-ring (bicyclic) bond motifs is 1. The van der Waals surface area contributed by atoms with E-state index in [0.717, 1.165) is 25.9 Å². The minimum atomic E-state index is -0.326. The lowest BCUT2D eigenvalue weighted by atomic mass is 10.1. The maximum Gasteiger partial charge on any atom is 0.265 e. The van der Waals surface area contributed by atoms with Crippen molar-refractivity contribution in [3.63, 3.8) is 0 Å². The molecule has 0 aliphatic carbocycles. The molecule has 0 atom stereocenters. The van der Waals surface area contributed by atoms with Gasteiger partial charge in [-0.3, -0.25) is 10.2 Å². The minimum absolute atomic E-state index is 0.326. The van der Waals surface area contributed by atoms with E-state index in [2.05, 4.69) is 26.3 Å². The number of rotatable bonds is 2. The fourth-order valence-corrected chi connectivity index (χ4v) is 3.06. The first kappa shape index (κ1) is 13.2. The number of nitrogens with one attached hydrogen (secondary N) is 1. The topological polar surface area (TPSA) is 68.0 Å². The number of benzene rings is 1. The van der Waals surface area contributed by atoms with Crippen LogP contribution in [0.1, 0.15) is 10.4 Å². The van der Waals surface area contributed by atoms with E-state index in [-0.39, 0.29) is 5.91 Å². The van der Waals surface area contributed by atoms with E-state index in [9.17, 15) is 4.79 Å². The SMILES string of the molecule is NNC(=O)c1cc(-c2cccs2)nc2ccc(Br)cc12. The molecule has 0 spiro atoms. The van der Waals surface area contributed by atoms with Gasteiger partial charge in [0.15, 0.2) is 0 Å². The fourth-order valence-electron chi connectivity index (χ4n) is 2.01. The van der Waals surface area contributed by atoms with Crippen molar-refractivity contribution in [1.82, 2.24) is 10.4 Å². The number of thiophene rings is 1. The Balaban J connectivity index is 2.31. The molecule has 2 heterocycles. The lowest BCUT2D eigenvalue weighted by Gasteiger charge is -2.08. The van der Waals surface area contributed by atoms with Crippen LogP contribution in [0.3, 0.4) is 0 Å². The van der Waals surface area contributed by atoms with Gasteiger partial charge < -0.3 is 0 Å². The summed E-state index contributed by atoms with van der Waals surface area (Å²) >= 11 is 4.99. The highest BCUT2D eigenvalue weighted by Crippen LogP contribution is 2.29. The van der Waals surface area contributed by atoms with Crippen molar-refractivity contribution in [2.75, 3.05) is 0 Å². The molecule has 0 aliphatic heterocycles. The molecule has 3 rings (SSSR count). The standard InChI is InChI=1S/C14H10BrN3OS/c15-8-3-4-11-9(6-8)10(14(19)18-16)7-12(17-11)13-2-1-5-20-13/h1-7H,16H2,(H,18,19). The van der Waals surface area contributed by atoms with Gasteiger partial charge in [-0.15, -0.1) is 11.3 Å². The number of nitrogens with two attached hydrogens (primary N) is 1. The van der Waals surface area contributed by atoms with Gasteiger partial charge in [0.1, 0.15) is 0 Å². The normalized spacial score (nSPS) is 10.7. The van der Waals surface area contributed by atoms with Gasteiger partial charge in [0.2, 0.25) is 0 Å². The molecule has 3 N–H and O–H groups in total. The third-order valence-electron chi connectivity index (χ3n) is 2.92. The van der Waals surface area contributed by atoms with Crippen LogP contribution in [0.2, 0.25) is 0 Å². The van der Waals surface area contributed by atoms with Crippen molar-refractivity contribution in [2.45, 2.75) is 0 Å². The summed E-state index contributed by atoms with van der Waals surface area (Å²) in [5.41, 5.74) is 4.24. The van der Waals surface area contributed by atoms with Gasteiger partial charge in [0, 0.05) is 9.86 Å². The van der Waals surface area contributed by atoms with Crippen molar-refractivity contribution in [3.8, 4) is 10.6 Å². The second kappa shape index (κ2) is 5.32. The van der Waals surface area contributed by atoms with Gasteiger partial charge in [0.05, 0.1) is 21.7 Å². The Morgan fingerprint density at radius 2 is 2.15 bits per heavy atom. The van der Waals surface area contributed by atoms with Gasteiger partial charge >= 0.3 is 0 Å². The van der Waals surface area contributed by atoms with Crippen LogP contribution in [0.5, 0.6) is 0 Å². The third-order valence-corrected chi connectivity index (χ3v) is 4.31. The molecule has 0 fully saturated rings. The third kappa shape index (κ3) is 2.33. The van der Waals surface area contributed by atoms with E-state index in [1.165, 1.54) is 0 Å². The number of hydrogen-bond donors (Lipinski definition) is 2. The Bertz CT molecular complexity index is 786. The number of hydrogen-bond acceptors (Lipinski definition) is 4. The Hall–Kier alpha value is -1.76. The maximum atomic E-state index is 12.0. The Morgan fingerprint density at radius 1 is 1.30 bits per heavy atom. The van der Waals surface area contributed by atoms with Crippen molar-refractivity contribution in [1.29, 1.82) is 0 Å². The zero-order valence-corrected chi connectivity index (χ0v) is 12.7. The number of nitrogen functional groups attached to an aromatic ring is 1. The van der Waals surface area contributed by atoms with Crippen molar-refractivity contribution in [2.24, 2.45) is 5.84 Å². The highest BCUT2D eigenvalue weighted by Gasteiger charge is 2.13. The fraction of sp³-hybridized carbons (Fsp3) is 0. The number of halogens is 1. The number of carbonyl (C=O) groups excluding carboxylic acids is 1. The molecule has 0 unspecified atom stereocenters. The molecular weight excluding hydrogens is 338 g/mol. The molecule has 1 aromatic carbocycles. The van der Waals surface area contributed by atoms with Crippen LogP contribution in [0.15, 0.2) is 46.3 Å². The number of amides is 1. The smallest absolute Gasteiger partial charge is 0.265 e. The average Bonchev–Trinajstić information content (AvgIpc) is 2.99. The van der Waals surface area contributed by atoms with Crippen molar-refractivity contribution in [3.05, 3.63) is 51.8 Å². The summed E-state index contributed by atoms with van der Waals surface area (Å²) in [6.07, 6.45) is 0. The molecule has 1 amide bonds. The molecular formula is C14H10BrN3OS. The molecule has 0 aliphatic rings. The molecule has 0 radical (unpaired) electrons. The summed E-state index contributed by atoms with van der Waals surface area (Å²) in [5, 5.41) is 2.74. The van der Waals surface area contributed by atoms with Gasteiger partial charge in [-0.1, -0.05) is 22.0 Å². The summed E-state index contributed by atoms with van der Waals surface area (Å²) in [6.45, 7) is 0. The van der Waals surface area contributed by atoms with Gasteiger partial charge in [-0.25, -0.2) is 10.8 Å². The molecule has 3 aromatic rings. The zero-order chi connectivity index (χ0) is 14.1. The van der Waals surface area contributed by atoms with Gasteiger partial charge in [-0.2, -0.15) is 0 Å². The van der Waals surface area contributed by atoms with E-state index in [1.807, 2.05) is 35.7 Å². The predicted octanol–water partition coefficient (Wildman–Crippen LogP) is 3.33. The lowest BCUT2D eigenvalue weighted by Crippen LogP contribution is -2.30. The summed E-state index contributed by atoms with van der Waals surface area (Å²) in [6, 6.07) is 11.3. The molecule has 0 saturated heterocycles. The number of hydrazine groups is 1. The Morgan fingerprint density at radius 3 is 2.85 bits per heavy atom. The lowest BCUT2D eigenvalue weighted by molar-refractivity contribution is 0.0955. The number of aromatic nitrogens is 1. The molecule has 0 bridgehead atoms. The van der Waals surface area contributed by atoms with Crippen LogP contribution in [0.4, 0.5) is 0 Å². The summed E-state index contributed by atoms with van der Waals surface area (Å²) in [7, 11) is 0. The van der Waals surface area contributed by atoms with Crippen LogP contribution in [-0.4, -0.2) is 10.9 Å². The first-order valence-corrected chi connectivity index (χ1v) is 7.51. The zero-order valence-electron chi connectivity index (χ0n) is 10.3. The van der Waals surface area contributed by atoms with E-state index in [0.29, 0.717) is 5.56 Å². The minimum Gasteiger partial charge on any atom is -0.290 e. The van der Waals surface area contributed by atoms with Crippen LogP contribution in [0, 0.1) is 0 Å². The maximum absolute atomic E-state index is 12.0. The molecule has 2 aromatic heterocycles. The summed E-state index contributed by atoms with van der Waals surface area (Å²) in [5.74, 6) is 4.95. The van der Waals surface area contributed by atoms with Gasteiger partial charge in [0.25, 0.3) is 5.91 Å². The largest absolute Gasteiger partial charge is 0.290 e. The van der Waals surface area contributed by atoms with Crippen LogP contribution >= 0.6 is 27.3 Å². The highest BCUT2D eigenvalue weighted by molar-refractivity contribution is 9.10. The molecule has 100 valence electrons. The van der Waals surface area contributed by atoms with E-state index in [1.54, 1.807) is 17.4 Å². The quantitative estimate of drug-likeness (QED) is 0.424. The number of carbonyl (C=O) groups is 1. The predicted molar refractivity (Wildman–Crippen MR) is 84.4 cm³/mol. The van der Waals surface area contributed by atoms with Gasteiger partial charge in [-0.05, 0) is 35.7 Å². The summed E-state index contributed by atoms with van der Waals surface area (Å²) in [4.78, 5) is 17.6. The first-order valence-electron chi connectivity index (χ1n) is 5.84. The van der Waals surface area contributed by atoms with E-state index >= 15 is 0 Å².